The maximum Gasteiger partial charge on any atom is 0.340 e. The summed E-state index contributed by atoms with van der Waals surface area (Å²) in [5.74, 6) is -1.12. The van der Waals surface area contributed by atoms with E-state index < -0.39 is 18.0 Å². The van der Waals surface area contributed by atoms with Crippen LogP contribution >= 0.6 is 0 Å². The lowest BCUT2D eigenvalue weighted by Crippen LogP contribution is -2.27. The van der Waals surface area contributed by atoms with E-state index in [1.807, 2.05) is 0 Å². The normalized spacial score (nSPS) is 11.8. The number of carbonyl (C=O) groups is 2. The average Bonchev–Trinajstić information content (AvgIpc) is 2.74. The van der Waals surface area contributed by atoms with Crippen molar-refractivity contribution in [1.82, 2.24) is 4.40 Å². The zero-order chi connectivity index (χ0) is 20.8. The van der Waals surface area contributed by atoms with Crippen molar-refractivity contribution in [2.24, 2.45) is 0 Å². The predicted octanol–water partition coefficient (Wildman–Crippen LogP) is 2.24. The Balaban J connectivity index is 1.80. The number of benzene rings is 1. The highest BCUT2D eigenvalue weighted by Gasteiger charge is 2.19. The molecule has 0 fully saturated rings. The molecule has 3 aromatic rings. The molecule has 7 nitrogen and oxygen atoms in total. The molecule has 2 heterocycles. The summed E-state index contributed by atoms with van der Waals surface area (Å²) >= 11 is 0. The van der Waals surface area contributed by atoms with Gasteiger partial charge < -0.3 is 14.6 Å². The Kier molecular flexibility index (Phi) is 6.41. The standard InChI is InChI=1S/C22H21NO6/c1-2-28-22(27)18-13-16(20(25)23-11-7-6-10-19(18)23)12-17(24)14-29-21(26)15-8-4-3-5-9-15/h3-11,13,17,24H,2,12,14H2,1H3/t17-/m0/s1. The molecule has 0 radical (unpaired) electrons. The van der Waals surface area contributed by atoms with Gasteiger partial charge in [0.05, 0.1) is 29.4 Å². The highest BCUT2D eigenvalue weighted by Crippen LogP contribution is 2.14. The number of hydrogen-bond donors (Lipinski definition) is 1. The number of aliphatic hydroxyl groups is 1. The molecular formula is C22H21NO6. The van der Waals surface area contributed by atoms with Crippen molar-refractivity contribution in [2.75, 3.05) is 13.2 Å². The second-order valence-corrected chi connectivity index (χ2v) is 6.39. The average molecular weight is 395 g/mol. The third-order valence-electron chi connectivity index (χ3n) is 4.32. The Hall–Kier alpha value is -3.45. The molecule has 3 rings (SSSR count). The van der Waals surface area contributed by atoms with E-state index in [-0.39, 0.29) is 36.3 Å². The van der Waals surface area contributed by atoms with Gasteiger partial charge in [0.25, 0.3) is 5.56 Å². The van der Waals surface area contributed by atoms with Crippen LogP contribution in [0.2, 0.25) is 0 Å². The summed E-state index contributed by atoms with van der Waals surface area (Å²) in [5, 5.41) is 10.3. The first-order chi connectivity index (χ1) is 14.0. The molecule has 1 atom stereocenters. The van der Waals surface area contributed by atoms with E-state index in [2.05, 4.69) is 0 Å². The Morgan fingerprint density at radius 2 is 1.76 bits per heavy atom. The van der Waals surface area contributed by atoms with Crippen molar-refractivity contribution in [1.29, 1.82) is 0 Å². The summed E-state index contributed by atoms with van der Waals surface area (Å²) in [5.41, 5.74) is 0.886. The number of hydrogen-bond acceptors (Lipinski definition) is 6. The molecule has 0 aliphatic carbocycles. The molecule has 7 heteroatoms. The van der Waals surface area contributed by atoms with Crippen LogP contribution in [0.15, 0.2) is 65.6 Å². The van der Waals surface area contributed by atoms with Crippen molar-refractivity contribution >= 4 is 17.5 Å². The van der Waals surface area contributed by atoms with Gasteiger partial charge in [0, 0.05) is 18.2 Å². The van der Waals surface area contributed by atoms with Crippen molar-refractivity contribution in [2.45, 2.75) is 19.4 Å². The first kappa shape index (κ1) is 20.3. The molecular weight excluding hydrogens is 374 g/mol. The number of aliphatic hydroxyl groups excluding tert-OH is 1. The Morgan fingerprint density at radius 3 is 2.48 bits per heavy atom. The van der Waals surface area contributed by atoms with Crippen molar-refractivity contribution in [3.05, 3.63) is 87.8 Å². The molecule has 0 spiro atoms. The largest absolute Gasteiger partial charge is 0.462 e. The molecule has 1 N–H and O–H groups in total. The van der Waals surface area contributed by atoms with Crippen LogP contribution in [0.3, 0.4) is 0 Å². The van der Waals surface area contributed by atoms with Crippen LogP contribution in [-0.2, 0) is 15.9 Å². The summed E-state index contributed by atoms with van der Waals surface area (Å²) in [6, 6.07) is 14.9. The first-order valence-electron chi connectivity index (χ1n) is 9.22. The fourth-order valence-corrected chi connectivity index (χ4v) is 2.97. The third kappa shape index (κ3) is 4.70. The second-order valence-electron chi connectivity index (χ2n) is 6.39. The number of aromatic nitrogens is 1. The molecule has 0 amide bonds. The van der Waals surface area contributed by atoms with Gasteiger partial charge in [-0.25, -0.2) is 9.59 Å². The molecule has 2 aromatic heterocycles. The number of pyridine rings is 2. The highest BCUT2D eigenvalue weighted by atomic mass is 16.5. The maximum absolute atomic E-state index is 12.7. The van der Waals surface area contributed by atoms with Crippen molar-refractivity contribution in [3.8, 4) is 0 Å². The van der Waals surface area contributed by atoms with Crippen LogP contribution in [0.25, 0.3) is 5.52 Å². The number of rotatable bonds is 7. The quantitative estimate of drug-likeness (QED) is 0.617. The fourth-order valence-electron chi connectivity index (χ4n) is 2.97. The molecule has 0 aliphatic rings. The number of esters is 2. The minimum Gasteiger partial charge on any atom is -0.462 e. The number of nitrogens with zero attached hydrogens (tertiary/aromatic N) is 1. The lowest BCUT2D eigenvalue weighted by Gasteiger charge is -2.14. The molecule has 0 aliphatic heterocycles. The van der Waals surface area contributed by atoms with E-state index in [0.29, 0.717) is 11.1 Å². The van der Waals surface area contributed by atoms with Gasteiger partial charge in [-0.15, -0.1) is 0 Å². The van der Waals surface area contributed by atoms with Crippen molar-refractivity contribution in [3.63, 3.8) is 0 Å². The molecule has 0 saturated carbocycles. The van der Waals surface area contributed by atoms with Gasteiger partial charge >= 0.3 is 11.9 Å². The van der Waals surface area contributed by atoms with Gasteiger partial charge in [0.1, 0.15) is 6.61 Å². The summed E-state index contributed by atoms with van der Waals surface area (Å²) in [7, 11) is 0. The Bertz CT molecular complexity index is 1070. The van der Waals surface area contributed by atoms with Gasteiger partial charge in [-0.3, -0.25) is 9.20 Å². The summed E-state index contributed by atoms with van der Waals surface area (Å²) in [6.07, 6.45) is 0.365. The molecule has 0 bridgehead atoms. The summed E-state index contributed by atoms with van der Waals surface area (Å²) in [6.45, 7) is 1.62. The van der Waals surface area contributed by atoms with Crippen LogP contribution in [0.4, 0.5) is 0 Å². The minimum absolute atomic E-state index is 0.0782. The van der Waals surface area contributed by atoms with Gasteiger partial charge in [-0.1, -0.05) is 24.3 Å². The fraction of sp³-hybridized carbons (Fsp3) is 0.227. The molecule has 0 unspecified atom stereocenters. The predicted molar refractivity (Wildman–Crippen MR) is 106 cm³/mol. The molecule has 29 heavy (non-hydrogen) atoms. The smallest absolute Gasteiger partial charge is 0.340 e. The van der Waals surface area contributed by atoms with Crippen LogP contribution in [-0.4, -0.2) is 40.8 Å². The van der Waals surface area contributed by atoms with Crippen LogP contribution in [0.1, 0.15) is 33.2 Å². The monoisotopic (exact) mass is 395 g/mol. The van der Waals surface area contributed by atoms with E-state index in [1.54, 1.807) is 61.7 Å². The minimum atomic E-state index is -1.10. The van der Waals surface area contributed by atoms with Gasteiger partial charge in [0.2, 0.25) is 0 Å². The van der Waals surface area contributed by atoms with E-state index >= 15 is 0 Å². The first-order valence-corrected chi connectivity index (χ1v) is 9.22. The lowest BCUT2D eigenvalue weighted by atomic mass is 10.1. The van der Waals surface area contributed by atoms with E-state index in [0.717, 1.165) is 0 Å². The molecule has 150 valence electrons. The second kappa shape index (κ2) is 9.16. The summed E-state index contributed by atoms with van der Waals surface area (Å²) < 4.78 is 11.5. The van der Waals surface area contributed by atoms with E-state index in [9.17, 15) is 19.5 Å². The van der Waals surface area contributed by atoms with Crippen LogP contribution in [0.5, 0.6) is 0 Å². The topological polar surface area (TPSA) is 94.3 Å². The molecule has 1 aromatic carbocycles. The van der Waals surface area contributed by atoms with Gasteiger partial charge in [-0.2, -0.15) is 0 Å². The molecule has 0 saturated heterocycles. The third-order valence-corrected chi connectivity index (χ3v) is 4.32. The van der Waals surface area contributed by atoms with Gasteiger partial charge in [0.15, 0.2) is 0 Å². The maximum atomic E-state index is 12.7. The zero-order valence-electron chi connectivity index (χ0n) is 15.9. The Labute approximate surface area is 167 Å². The highest BCUT2D eigenvalue weighted by molar-refractivity contribution is 5.97. The van der Waals surface area contributed by atoms with Crippen molar-refractivity contribution < 1.29 is 24.2 Å². The van der Waals surface area contributed by atoms with E-state index in [1.165, 1.54) is 10.5 Å². The zero-order valence-corrected chi connectivity index (χ0v) is 15.9. The lowest BCUT2D eigenvalue weighted by molar-refractivity contribution is 0.0258. The summed E-state index contributed by atoms with van der Waals surface area (Å²) in [4.78, 5) is 37.1. The SMILES string of the molecule is CCOC(=O)c1cc(C[C@H](O)COC(=O)c2ccccc2)c(=O)n2ccccc12. The van der Waals surface area contributed by atoms with Gasteiger partial charge in [-0.05, 0) is 37.3 Å². The van der Waals surface area contributed by atoms with Crippen LogP contribution < -0.4 is 5.56 Å². The number of fused-ring (bicyclic) bond motifs is 1. The Morgan fingerprint density at radius 1 is 1.03 bits per heavy atom. The van der Waals surface area contributed by atoms with Crippen LogP contribution in [0, 0.1) is 0 Å². The number of ether oxygens (including phenoxy) is 2. The van der Waals surface area contributed by atoms with E-state index in [4.69, 9.17) is 9.47 Å². The number of carbonyl (C=O) groups excluding carboxylic acids is 2.